The number of rotatable bonds is 1. The number of anilines is 2. The normalized spacial score (nSPS) is 16.6. The number of pyridine rings is 1. The summed E-state index contributed by atoms with van der Waals surface area (Å²) >= 11 is 0. The van der Waals surface area contributed by atoms with Crippen molar-refractivity contribution < 1.29 is 0 Å². The van der Waals surface area contributed by atoms with Crippen molar-refractivity contribution in [2.24, 2.45) is 0 Å². The molecule has 4 heterocycles. The molecule has 21 heavy (non-hydrogen) atoms. The third kappa shape index (κ3) is 2.65. The Hall–Kier alpha value is -1.88. The molecule has 4 rings (SSSR count). The van der Waals surface area contributed by atoms with Gasteiger partial charge in [-0.2, -0.15) is 5.10 Å². The molecule has 2 aliphatic heterocycles. The molecular formula is C16H23N5. The van der Waals surface area contributed by atoms with E-state index in [9.17, 15) is 0 Å². The van der Waals surface area contributed by atoms with Gasteiger partial charge in [0.2, 0.25) is 0 Å². The first-order chi connectivity index (χ1) is 10.4. The van der Waals surface area contributed by atoms with Crippen molar-refractivity contribution in [3.8, 4) is 0 Å². The highest BCUT2D eigenvalue weighted by Crippen LogP contribution is 2.29. The van der Waals surface area contributed by atoms with Gasteiger partial charge in [0.05, 0.1) is 18.1 Å². The van der Waals surface area contributed by atoms with Gasteiger partial charge in [-0.15, -0.1) is 0 Å². The number of aryl methyl sites for hydroxylation is 1. The molecule has 0 spiro atoms. The molecular weight excluding hydrogens is 262 g/mol. The second-order valence-electron chi connectivity index (χ2n) is 5.14. The van der Waals surface area contributed by atoms with E-state index in [1.54, 1.807) is 0 Å². The van der Waals surface area contributed by atoms with E-state index in [1.807, 2.05) is 26.2 Å². The summed E-state index contributed by atoms with van der Waals surface area (Å²) in [6, 6.07) is 4.36. The summed E-state index contributed by atoms with van der Waals surface area (Å²) in [4.78, 5) is 6.96. The van der Waals surface area contributed by atoms with Gasteiger partial charge in [0, 0.05) is 44.4 Å². The van der Waals surface area contributed by atoms with Crippen LogP contribution in [0.25, 0.3) is 0 Å². The Kier molecular flexibility index (Phi) is 4.20. The minimum absolute atomic E-state index is 0.934. The topological polar surface area (TPSA) is 46.0 Å². The van der Waals surface area contributed by atoms with Crippen LogP contribution >= 0.6 is 0 Å². The molecule has 0 bridgehead atoms. The maximum Gasteiger partial charge on any atom is 0.131 e. The lowest BCUT2D eigenvalue weighted by atomic mass is 10.1. The van der Waals surface area contributed by atoms with Crippen LogP contribution < -0.4 is 10.2 Å². The molecule has 5 heteroatoms. The molecule has 0 aliphatic carbocycles. The van der Waals surface area contributed by atoms with Crippen LogP contribution in [0.5, 0.6) is 0 Å². The molecule has 1 N–H and O–H groups in total. The van der Waals surface area contributed by atoms with Crippen molar-refractivity contribution in [2.45, 2.75) is 39.8 Å². The number of hydrogen-bond donors (Lipinski definition) is 1. The third-order valence-corrected chi connectivity index (χ3v) is 3.93. The minimum Gasteiger partial charge on any atom is -0.325 e. The van der Waals surface area contributed by atoms with Crippen LogP contribution in [0.15, 0.2) is 24.5 Å². The zero-order valence-electron chi connectivity index (χ0n) is 12.8. The van der Waals surface area contributed by atoms with Gasteiger partial charge in [-0.3, -0.25) is 4.98 Å². The molecule has 0 saturated heterocycles. The summed E-state index contributed by atoms with van der Waals surface area (Å²) in [5, 5.41) is 7.77. The molecule has 0 unspecified atom stereocenters. The fraction of sp³-hybridized carbons (Fsp3) is 0.500. The Balaban J connectivity index is 0.000000636. The number of nitrogens with one attached hydrogen (secondary N) is 1. The summed E-state index contributed by atoms with van der Waals surface area (Å²) in [6.07, 6.45) is 6.05. The van der Waals surface area contributed by atoms with Gasteiger partial charge >= 0.3 is 0 Å². The fourth-order valence-corrected chi connectivity index (χ4v) is 2.96. The maximum absolute atomic E-state index is 4.64. The molecule has 2 aliphatic rings. The largest absolute Gasteiger partial charge is 0.325 e. The maximum atomic E-state index is 4.64. The van der Waals surface area contributed by atoms with Crippen LogP contribution in [0, 0.1) is 0 Å². The quantitative estimate of drug-likeness (QED) is 0.874. The molecule has 0 fully saturated rings. The van der Waals surface area contributed by atoms with Crippen LogP contribution in [-0.4, -0.2) is 27.9 Å². The van der Waals surface area contributed by atoms with Gasteiger partial charge in [0.1, 0.15) is 5.82 Å². The van der Waals surface area contributed by atoms with Crippen molar-refractivity contribution in [1.29, 1.82) is 0 Å². The average molecular weight is 285 g/mol. The second kappa shape index (κ2) is 6.26. The lowest BCUT2D eigenvalue weighted by Crippen LogP contribution is -2.29. The lowest BCUT2D eigenvalue weighted by Gasteiger charge is -2.30. The minimum atomic E-state index is 0.934. The smallest absolute Gasteiger partial charge is 0.131 e. The highest BCUT2D eigenvalue weighted by Gasteiger charge is 2.20. The second-order valence-corrected chi connectivity index (χ2v) is 5.14. The van der Waals surface area contributed by atoms with Crippen molar-refractivity contribution >= 4 is 11.5 Å². The van der Waals surface area contributed by atoms with E-state index in [1.165, 1.54) is 22.8 Å². The third-order valence-electron chi connectivity index (χ3n) is 3.93. The zero-order chi connectivity index (χ0) is 14.7. The first-order valence-electron chi connectivity index (χ1n) is 7.90. The Morgan fingerprint density at radius 3 is 3.05 bits per heavy atom. The predicted molar refractivity (Wildman–Crippen MR) is 84.8 cm³/mol. The molecule has 112 valence electrons. The summed E-state index contributed by atoms with van der Waals surface area (Å²) < 4.78 is 2.07. The number of fused-ring (bicyclic) bond motifs is 2. The van der Waals surface area contributed by atoms with E-state index in [-0.39, 0.29) is 0 Å². The van der Waals surface area contributed by atoms with Crippen molar-refractivity contribution in [2.75, 3.05) is 18.0 Å². The summed E-state index contributed by atoms with van der Waals surface area (Å²) in [6.45, 7) is 8.03. The highest BCUT2D eigenvalue weighted by atomic mass is 15.4. The van der Waals surface area contributed by atoms with Crippen LogP contribution in [0.2, 0.25) is 0 Å². The van der Waals surface area contributed by atoms with E-state index in [0.717, 1.165) is 39.0 Å². The number of aromatic nitrogens is 3. The molecule has 0 aromatic carbocycles. The predicted octanol–water partition coefficient (Wildman–Crippen LogP) is 2.49. The molecule has 0 atom stereocenters. The summed E-state index contributed by atoms with van der Waals surface area (Å²) in [7, 11) is 0. The van der Waals surface area contributed by atoms with E-state index in [4.69, 9.17) is 0 Å². The van der Waals surface area contributed by atoms with Crippen LogP contribution in [0.4, 0.5) is 11.5 Å². The van der Waals surface area contributed by atoms with Gasteiger partial charge in [-0.1, -0.05) is 13.8 Å². The lowest BCUT2D eigenvalue weighted by molar-refractivity contribution is 0.541. The monoisotopic (exact) mass is 285 g/mol. The molecule has 0 amide bonds. The van der Waals surface area contributed by atoms with Gasteiger partial charge in [0.25, 0.3) is 0 Å². The summed E-state index contributed by atoms with van der Waals surface area (Å²) in [5.41, 5.74) is 3.76. The van der Waals surface area contributed by atoms with Gasteiger partial charge in [-0.05, 0) is 18.1 Å². The average Bonchev–Trinajstić information content (AvgIpc) is 3.05. The van der Waals surface area contributed by atoms with E-state index >= 15 is 0 Å². The number of nitrogens with zero attached hydrogens (tertiary/aromatic N) is 4. The molecule has 2 aromatic heterocycles. The highest BCUT2D eigenvalue weighted by molar-refractivity contribution is 5.61. The first-order valence-corrected chi connectivity index (χ1v) is 7.90. The van der Waals surface area contributed by atoms with E-state index in [2.05, 4.69) is 37.1 Å². The fourth-order valence-electron chi connectivity index (χ4n) is 2.96. The molecule has 2 aromatic rings. The Labute approximate surface area is 126 Å². The standard InChI is InChI=1S/C14H17N5.C2H6/c1-6-18(14-3-5-17-19(14)7-1)12-8-11-9-15-4-2-13(11)16-10-12;1-2/h3,5,8,10,15H,1-2,4,6-7,9H2;1-2H3. The van der Waals surface area contributed by atoms with E-state index < -0.39 is 0 Å². The molecule has 0 radical (unpaired) electrons. The van der Waals surface area contributed by atoms with Gasteiger partial charge in [-0.25, -0.2) is 4.68 Å². The summed E-state index contributed by atoms with van der Waals surface area (Å²) in [5.74, 6) is 1.18. The SMILES string of the molecule is CC.c1cc2n(n1)CCCN2c1cnc2c(c1)CNCC2. The molecule has 0 saturated carbocycles. The van der Waals surface area contributed by atoms with Crippen molar-refractivity contribution in [1.82, 2.24) is 20.1 Å². The van der Waals surface area contributed by atoms with Gasteiger partial charge in [0.15, 0.2) is 0 Å². The van der Waals surface area contributed by atoms with Crippen LogP contribution in [0.1, 0.15) is 31.5 Å². The van der Waals surface area contributed by atoms with Gasteiger partial charge < -0.3 is 10.2 Å². The Morgan fingerprint density at radius 1 is 1.24 bits per heavy atom. The molecule has 5 nitrogen and oxygen atoms in total. The van der Waals surface area contributed by atoms with Crippen LogP contribution in [-0.2, 0) is 19.5 Å². The van der Waals surface area contributed by atoms with Crippen molar-refractivity contribution in [3.63, 3.8) is 0 Å². The van der Waals surface area contributed by atoms with E-state index in [0.29, 0.717) is 0 Å². The van der Waals surface area contributed by atoms with Crippen molar-refractivity contribution in [3.05, 3.63) is 35.8 Å². The Bertz CT molecular complexity index is 604. The Morgan fingerprint density at radius 2 is 2.14 bits per heavy atom. The zero-order valence-corrected chi connectivity index (χ0v) is 12.8. The number of hydrogen-bond acceptors (Lipinski definition) is 4. The van der Waals surface area contributed by atoms with Crippen LogP contribution in [0.3, 0.4) is 0 Å². The first kappa shape index (κ1) is 14.1.